The lowest BCUT2D eigenvalue weighted by atomic mass is 9.99. The quantitative estimate of drug-likeness (QED) is 0.801. The van der Waals surface area contributed by atoms with E-state index in [2.05, 4.69) is 12.2 Å². The van der Waals surface area contributed by atoms with Gasteiger partial charge in [-0.15, -0.1) is 0 Å². The Morgan fingerprint density at radius 3 is 2.19 bits per heavy atom. The van der Waals surface area contributed by atoms with Crippen molar-refractivity contribution in [1.29, 1.82) is 0 Å². The van der Waals surface area contributed by atoms with Crippen molar-refractivity contribution >= 4 is 0 Å². The molecule has 16 heavy (non-hydrogen) atoms. The summed E-state index contributed by atoms with van der Waals surface area (Å²) in [7, 11) is 5.36. The molecule has 1 rings (SSSR count). The van der Waals surface area contributed by atoms with Gasteiger partial charge in [-0.3, -0.25) is 0 Å². The molecule has 1 atom stereocenters. The molecule has 1 aromatic carbocycles. The van der Waals surface area contributed by atoms with Crippen LogP contribution in [0.25, 0.3) is 0 Å². The van der Waals surface area contributed by atoms with E-state index in [4.69, 9.17) is 9.47 Å². The molecule has 0 aliphatic carbocycles. The Morgan fingerprint density at radius 2 is 1.75 bits per heavy atom. The predicted molar refractivity (Wildman–Crippen MR) is 66.3 cm³/mol. The highest BCUT2D eigenvalue weighted by Gasteiger charge is 2.12. The minimum absolute atomic E-state index is 0.551. The molecule has 0 aromatic heterocycles. The van der Waals surface area contributed by atoms with Crippen molar-refractivity contribution in [3.63, 3.8) is 0 Å². The van der Waals surface area contributed by atoms with Gasteiger partial charge in [-0.25, -0.2) is 0 Å². The van der Waals surface area contributed by atoms with E-state index < -0.39 is 0 Å². The number of hydrogen-bond donors (Lipinski definition) is 1. The van der Waals surface area contributed by atoms with Crippen LogP contribution in [0.4, 0.5) is 0 Å². The number of benzene rings is 1. The fraction of sp³-hybridized carbons (Fsp3) is 0.538. The summed E-state index contributed by atoms with van der Waals surface area (Å²) in [5.74, 6) is 2.36. The van der Waals surface area contributed by atoms with Crippen LogP contribution in [0.3, 0.4) is 0 Å². The highest BCUT2D eigenvalue weighted by Crippen LogP contribution is 2.30. The van der Waals surface area contributed by atoms with Crippen molar-refractivity contribution in [2.75, 3.05) is 27.8 Å². The van der Waals surface area contributed by atoms with Crippen LogP contribution >= 0.6 is 0 Å². The zero-order valence-corrected chi connectivity index (χ0v) is 10.5. The molecule has 0 spiro atoms. The topological polar surface area (TPSA) is 30.5 Å². The molecule has 1 unspecified atom stereocenters. The van der Waals surface area contributed by atoms with E-state index >= 15 is 0 Å². The molecule has 0 fully saturated rings. The third-order valence-electron chi connectivity index (χ3n) is 2.64. The zero-order chi connectivity index (χ0) is 12.0. The molecule has 0 aliphatic heterocycles. The maximum Gasteiger partial charge on any atom is 0.125 e. The average molecular weight is 223 g/mol. The summed E-state index contributed by atoms with van der Waals surface area (Å²) in [6, 6.07) is 5.90. The van der Waals surface area contributed by atoms with Gasteiger partial charge in [-0.1, -0.05) is 13.0 Å². The van der Waals surface area contributed by atoms with Crippen LogP contribution in [0, 0.1) is 5.92 Å². The first-order valence-corrected chi connectivity index (χ1v) is 5.57. The summed E-state index contributed by atoms with van der Waals surface area (Å²) < 4.78 is 10.7. The molecule has 0 saturated heterocycles. The molecule has 0 aliphatic rings. The number of nitrogens with one attached hydrogen (secondary N) is 1. The van der Waals surface area contributed by atoms with Gasteiger partial charge >= 0.3 is 0 Å². The molecule has 90 valence electrons. The molecule has 1 N–H and O–H groups in total. The first kappa shape index (κ1) is 12.8. The van der Waals surface area contributed by atoms with Gasteiger partial charge in [0.2, 0.25) is 0 Å². The molecule has 3 nitrogen and oxygen atoms in total. The van der Waals surface area contributed by atoms with E-state index in [0.29, 0.717) is 5.92 Å². The average Bonchev–Trinajstić information content (AvgIpc) is 2.29. The van der Waals surface area contributed by atoms with Gasteiger partial charge in [-0.05, 0) is 38.1 Å². The highest BCUT2D eigenvalue weighted by atomic mass is 16.5. The lowest BCUT2D eigenvalue weighted by Gasteiger charge is -2.16. The molecular formula is C13H21NO2. The van der Waals surface area contributed by atoms with Crippen molar-refractivity contribution < 1.29 is 9.47 Å². The van der Waals surface area contributed by atoms with E-state index in [-0.39, 0.29) is 0 Å². The Labute approximate surface area is 97.8 Å². The number of hydrogen-bond acceptors (Lipinski definition) is 3. The second-order valence-electron chi connectivity index (χ2n) is 4.01. The zero-order valence-electron chi connectivity index (χ0n) is 10.5. The fourth-order valence-electron chi connectivity index (χ4n) is 1.90. The molecule has 0 saturated carbocycles. The summed E-state index contributed by atoms with van der Waals surface area (Å²) in [6.45, 7) is 3.20. The Bertz CT molecular complexity index is 303. The van der Waals surface area contributed by atoms with E-state index in [9.17, 15) is 0 Å². The second-order valence-corrected chi connectivity index (χ2v) is 4.01. The smallest absolute Gasteiger partial charge is 0.125 e. The van der Waals surface area contributed by atoms with Crippen molar-refractivity contribution in [2.45, 2.75) is 13.3 Å². The van der Waals surface area contributed by atoms with E-state index in [1.54, 1.807) is 14.2 Å². The number of ether oxygens (including phenoxy) is 2. The third kappa shape index (κ3) is 3.14. The molecule has 0 amide bonds. The van der Waals surface area contributed by atoms with Crippen LogP contribution in [-0.4, -0.2) is 27.8 Å². The summed E-state index contributed by atoms with van der Waals surface area (Å²) in [6.07, 6.45) is 0.952. The van der Waals surface area contributed by atoms with Crippen molar-refractivity contribution in [3.8, 4) is 11.5 Å². The van der Waals surface area contributed by atoms with Crippen molar-refractivity contribution in [2.24, 2.45) is 5.92 Å². The first-order chi connectivity index (χ1) is 7.72. The lowest BCUT2D eigenvalue weighted by molar-refractivity contribution is 0.378. The Balaban J connectivity index is 2.90. The maximum absolute atomic E-state index is 5.37. The van der Waals surface area contributed by atoms with Gasteiger partial charge in [0, 0.05) is 5.56 Å². The molecule has 3 heteroatoms. The molecule has 0 bridgehead atoms. The van der Waals surface area contributed by atoms with Crippen molar-refractivity contribution in [1.82, 2.24) is 5.32 Å². The van der Waals surface area contributed by atoms with Crippen LogP contribution in [0.2, 0.25) is 0 Å². The first-order valence-electron chi connectivity index (χ1n) is 5.57. The van der Waals surface area contributed by atoms with Crippen LogP contribution in [0.5, 0.6) is 11.5 Å². The molecule has 0 radical (unpaired) electrons. The molecule has 1 aromatic rings. The van der Waals surface area contributed by atoms with Gasteiger partial charge < -0.3 is 14.8 Å². The second kappa shape index (κ2) is 6.38. The van der Waals surface area contributed by atoms with Crippen LogP contribution in [0.1, 0.15) is 12.5 Å². The third-order valence-corrected chi connectivity index (χ3v) is 2.64. The largest absolute Gasteiger partial charge is 0.496 e. The van der Waals surface area contributed by atoms with E-state index in [1.165, 1.54) is 0 Å². The van der Waals surface area contributed by atoms with Gasteiger partial charge in [-0.2, -0.15) is 0 Å². The summed E-state index contributed by atoms with van der Waals surface area (Å²) >= 11 is 0. The van der Waals surface area contributed by atoms with E-state index in [0.717, 1.165) is 30.0 Å². The normalized spacial score (nSPS) is 12.2. The summed E-state index contributed by atoms with van der Waals surface area (Å²) in [5, 5.41) is 3.18. The Hall–Kier alpha value is -1.22. The molecule has 0 heterocycles. The number of rotatable bonds is 6. The monoisotopic (exact) mass is 223 g/mol. The minimum Gasteiger partial charge on any atom is -0.496 e. The van der Waals surface area contributed by atoms with Gasteiger partial charge in [0.1, 0.15) is 11.5 Å². The van der Waals surface area contributed by atoms with Gasteiger partial charge in [0.05, 0.1) is 14.2 Å². The van der Waals surface area contributed by atoms with Crippen molar-refractivity contribution in [3.05, 3.63) is 23.8 Å². The lowest BCUT2D eigenvalue weighted by Crippen LogP contribution is -2.18. The summed E-state index contributed by atoms with van der Waals surface area (Å²) in [5.41, 5.74) is 1.15. The summed E-state index contributed by atoms with van der Waals surface area (Å²) in [4.78, 5) is 0. The predicted octanol–water partition coefficient (Wildman–Crippen LogP) is 2.10. The molecular weight excluding hydrogens is 202 g/mol. The maximum atomic E-state index is 5.37. The Kier molecular flexibility index (Phi) is 5.12. The number of methoxy groups -OCH3 is 2. The Morgan fingerprint density at radius 1 is 1.19 bits per heavy atom. The fourth-order valence-corrected chi connectivity index (χ4v) is 1.90. The highest BCUT2D eigenvalue weighted by molar-refractivity contribution is 5.45. The van der Waals surface area contributed by atoms with E-state index in [1.807, 2.05) is 25.2 Å². The van der Waals surface area contributed by atoms with Gasteiger partial charge in [0.15, 0.2) is 0 Å². The standard InChI is InChI=1S/C13H21NO2/c1-10(9-14-2)8-11-12(15-3)6-5-7-13(11)16-4/h5-7,10,14H,8-9H2,1-4H3. The minimum atomic E-state index is 0.551. The van der Waals surface area contributed by atoms with Gasteiger partial charge in [0.25, 0.3) is 0 Å². The SMILES string of the molecule is CNCC(C)Cc1c(OC)cccc1OC. The van der Waals surface area contributed by atoms with Crippen LogP contribution in [-0.2, 0) is 6.42 Å². The van der Waals surface area contributed by atoms with Crippen LogP contribution in [0.15, 0.2) is 18.2 Å². The van der Waals surface area contributed by atoms with Crippen LogP contribution < -0.4 is 14.8 Å².